The molecule has 0 aliphatic heterocycles. The van der Waals surface area contributed by atoms with Crippen molar-refractivity contribution in [3.63, 3.8) is 0 Å². The Hall–Kier alpha value is -2.00. The molecule has 1 aromatic carbocycles. The summed E-state index contributed by atoms with van der Waals surface area (Å²) in [5.74, 6) is 1.57. The Morgan fingerprint density at radius 3 is 2.88 bits per heavy atom. The van der Waals surface area contributed by atoms with E-state index in [4.69, 9.17) is 0 Å². The average Bonchev–Trinajstić information content (AvgIpc) is 3.27. The topological polar surface area (TPSA) is 81.4 Å². The molecule has 9 heteroatoms. The fourth-order valence-corrected chi connectivity index (χ4v) is 4.02. The van der Waals surface area contributed by atoms with Crippen molar-refractivity contribution in [1.29, 1.82) is 0 Å². The van der Waals surface area contributed by atoms with Crippen LogP contribution in [-0.2, 0) is 18.7 Å². The minimum Gasteiger partial charge on any atom is -0.330 e. The molecule has 0 amide bonds. The summed E-state index contributed by atoms with van der Waals surface area (Å²) < 4.78 is 2.77. The van der Waals surface area contributed by atoms with Gasteiger partial charge in [0, 0.05) is 12.2 Å². The van der Waals surface area contributed by atoms with Gasteiger partial charge in [0.1, 0.15) is 0 Å². The number of unbranched alkanes of at least 4 members (excludes halogenated alkanes) is 1. The number of rotatable bonds is 9. The standard InChI is InChI=1S/C16H21N7S2/c1-3-5-10-23-14(18-21-22-23)11-24-16-20-19-15(25-16)17-13-9-7-6-8-12(13)4-2/h6-9H,3-5,10-11H2,1-2H3,(H,17,19). The summed E-state index contributed by atoms with van der Waals surface area (Å²) in [4.78, 5) is 0. The van der Waals surface area contributed by atoms with Crippen molar-refractivity contribution in [2.24, 2.45) is 0 Å². The summed E-state index contributed by atoms with van der Waals surface area (Å²) >= 11 is 3.15. The summed E-state index contributed by atoms with van der Waals surface area (Å²) in [6, 6.07) is 8.26. The quantitative estimate of drug-likeness (QED) is 0.568. The second kappa shape index (κ2) is 8.91. The molecule has 132 valence electrons. The van der Waals surface area contributed by atoms with Gasteiger partial charge in [0.25, 0.3) is 0 Å². The van der Waals surface area contributed by atoms with Gasteiger partial charge in [0.05, 0.1) is 5.75 Å². The summed E-state index contributed by atoms with van der Waals surface area (Å²) in [5.41, 5.74) is 2.35. The van der Waals surface area contributed by atoms with Gasteiger partial charge in [-0.15, -0.1) is 15.3 Å². The molecule has 2 heterocycles. The van der Waals surface area contributed by atoms with Crippen LogP contribution in [0.1, 0.15) is 38.1 Å². The lowest BCUT2D eigenvalue weighted by atomic mass is 10.1. The van der Waals surface area contributed by atoms with Gasteiger partial charge >= 0.3 is 0 Å². The molecule has 7 nitrogen and oxygen atoms in total. The lowest BCUT2D eigenvalue weighted by Crippen LogP contribution is -2.04. The van der Waals surface area contributed by atoms with Crippen LogP contribution in [-0.4, -0.2) is 30.4 Å². The first-order valence-electron chi connectivity index (χ1n) is 8.36. The van der Waals surface area contributed by atoms with Crippen molar-refractivity contribution in [2.45, 2.75) is 49.7 Å². The Morgan fingerprint density at radius 2 is 2.04 bits per heavy atom. The monoisotopic (exact) mass is 375 g/mol. The predicted octanol–water partition coefficient (Wildman–Crippen LogP) is 3.92. The molecule has 0 aliphatic rings. The van der Waals surface area contributed by atoms with Crippen LogP contribution < -0.4 is 5.32 Å². The van der Waals surface area contributed by atoms with Crippen molar-refractivity contribution < 1.29 is 0 Å². The van der Waals surface area contributed by atoms with Crippen LogP contribution in [0.3, 0.4) is 0 Å². The largest absolute Gasteiger partial charge is 0.330 e. The maximum absolute atomic E-state index is 4.25. The van der Waals surface area contributed by atoms with E-state index < -0.39 is 0 Å². The molecule has 0 spiro atoms. The van der Waals surface area contributed by atoms with Crippen LogP contribution in [0.2, 0.25) is 0 Å². The van der Waals surface area contributed by atoms with Gasteiger partial charge in [-0.1, -0.05) is 61.6 Å². The minimum absolute atomic E-state index is 0.691. The van der Waals surface area contributed by atoms with Crippen molar-refractivity contribution in [3.05, 3.63) is 35.7 Å². The van der Waals surface area contributed by atoms with Crippen LogP contribution in [0.5, 0.6) is 0 Å². The molecular weight excluding hydrogens is 354 g/mol. The Balaban J connectivity index is 1.60. The number of nitrogens with one attached hydrogen (secondary N) is 1. The number of tetrazole rings is 1. The van der Waals surface area contributed by atoms with Crippen molar-refractivity contribution in [3.8, 4) is 0 Å². The van der Waals surface area contributed by atoms with E-state index in [2.05, 4.69) is 57.0 Å². The molecule has 0 atom stereocenters. The Kier molecular flexibility index (Phi) is 6.35. The second-order valence-electron chi connectivity index (χ2n) is 5.47. The zero-order valence-corrected chi connectivity index (χ0v) is 16.0. The van der Waals surface area contributed by atoms with E-state index in [0.29, 0.717) is 5.75 Å². The molecule has 3 rings (SSSR count). The number of nitrogens with zero attached hydrogens (tertiary/aromatic N) is 6. The van der Waals surface area contributed by atoms with Crippen LogP contribution in [0, 0.1) is 0 Å². The zero-order chi connectivity index (χ0) is 17.5. The van der Waals surface area contributed by atoms with E-state index in [1.165, 1.54) is 5.56 Å². The molecule has 0 unspecified atom stereocenters. The van der Waals surface area contributed by atoms with Gasteiger partial charge in [0.2, 0.25) is 5.13 Å². The average molecular weight is 376 g/mol. The number of hydrogen-bond donors (Lipinski definition) is 1. The van der Waals surface area contributed by atoms with Crippen LogP contribution in [0.4, 0.5) is 10.8 Å². The molecular formula is C16H21N7S2. The second-order valence-corrected chi connectivity index (χ2v) is 7.67. The predicted molar refractivity (Wildman–Crippen MR) is 101 cm³/mol. The summed E-state index contributed by atoms with van der Waals surface area (Å²) in [6.45, 7) is 5.16. The van der Waals surface area contributed by atoms with Gasteiger partial charge < -0.3 is 5.32 Å². The molecule has 1 N–H and O–H groups in total. The lowest BCUT2D eigenvalue weighted by Gasteiger charge is -2.07. The fraction of sp³-hybridized carbons (Fsp3) is 0.438. The molecule has 0 fully saturated rings. The molecule has 2 aromatic heterocycles. The highest BCUT2D eigenvalue weighted by Crippen LogP contribution is 2.30. The van der Waals surface area contributed by atoms with Crippen molar-refractivity contribution >= 4 is 33.9 Å². The smallest absolute Gasteiger partial charge is 0.210 e. The number of para-hydroxylation sites is 1. The molecule has 0 saturated heterocycles. The van der Waals surface area contributed by atoms with E-state index in [1.54, 1.807) is 23.1 Å². The van der Waals surface area contributed by atoms with Crippen LogP contribution in [0.25, 0.3) is 0 Å². The van der Waals surface area contributed by atoms with E-state index >= 15 is 0 Å². The molecule has 0 saturated carbocycles. The first-order chi connectivity index (χ1) is 12.3. The molecule has 3 aromatic rings. The normalized spacial score (nSPS) is 11.0. The number of benzene rings is 1. The molecule has 25 heavy (non-hydrogen) atoms. The first-order valence-corrected chi connectivity index (χ1v) is 10.2. The van der Waals surface area contributed by atoms with Crippen LogP contribution in [0.15, 0.2) is 28.6 Å². The SMILES string of the molecule is CCCCn1nnnc1CSc1nnc(Nc2ccccc2CC)s1. The Morgan fingerprint density at radius 1 is 1.16 bits per heavy atom. The number of thioether (sulfide) groups is 1. The third-order valence-corrected chi connectivity index (χ3v) is 5.67. The van der Waals surface area contributed by atoms with Crippen molar-refractivity contribution in [2.75, 3.05) is 5.32 Å². The molecule has 0 bridgehead atoms. The lowest BCUT2D eigenvalue weighted by molar-refractivity contribution is 0.540. The van der Waals surface area contributed by atoms with E-state index in [-0.39, 0.29) is 0 Å². The number of aryl methyl sites for hydroxylation is 2. The molecule has 0 radical (unpaired) electrons. The zero-order valence-electron chi connectivity index (χ0n) is 14.3. The number of anilines is 2. The Labute approximate surface area is 155 Å². The van der Waals surface area contributed by atoms with Gasteiger partial charge in [-0.3, -0.25) is 0 Å². The summed E-state index contributed by atoms with van der Waals surface area (Å²) in [7, 11) is 0. The maximum atomic E-state index is 4.25. The third kappa shape index (κ3) is 4.76. The minimum atomic E-state index is 0.691. The van der Waals surface area contributed by atoms with Crippen LogP contribution >= 0.6 is 23.1 Å². The van der Waals surface area contributed by atoms with E-state index in [1.807, 2.05) is 16.8 Å². The first kappa shape index (κ1) is 17.8. The highest BCUT2D eigenvalue weighted by molar-refractivity contribution is 8.00. The fourth-order valence-electron chi connectivity index (χ4n) is 2.32. The van der Waals surface area contributed by atoms with Gasteiger partial charge in [-0.25, -0.2) is 4.68 Å². The van der Waals surface area contributed by atoms with Gasteiger partial charge in [-0.05, 0) is 34.9 Å². The summed E-state index contributed by atoms with van der Waals surface area (Å²) in [6.07, 6.45) is 3.17. The number of aromatic nitrogens is 6. The Bertz CT molecular complexity index is 799. The van der Waals surface area contributed by atoms with Gasteiger partial charge in [-0.2, -0.15) is 0 Å². The van der Waals surface area contributed by atoms with E-state index in [0.717, 1.165) is 46.8 Å². The molecule has 0 aliphatic carbocycles. The number of hydrogen-bond acceptors (Lipinski definition) is 8. The summed E-state index contributed by atoms with van der Waals surface area (Å²) in [5, 5.41) is 24.6. The highest BCUT2D eigenvalue weighted by atomic mass is 32.2. The van der Waals surface area contributed by atoms with Gasteiger partial charge in [0.15, 0.2) is 10.2 Å². The van der Waals surface area contributed by atoms with Crippen molar-refractivity contribution in [1.82, 2.24) is 30.4 Å². The third-order valence-electron chi connectivity index (χ3n) is 3.70. The maximum Gasteiger partial charge on any atom is 0.210 e. The highest BCUT2D eigenvalue weighted by Gasteiger charge is 2.10. The van der Waals surface area contributed by atoms with E-state index in [9.17, 15) is 0 Å².